The first-order valence-electron chi connectivity index (χ1n) is 13.8. The molecule has 2 aromatic heterocycles. The van der Waals surface area contributed by atoms with Gasteiger partial charge in [0.05, 0.1) is 47.4 Å². The number of likely N-dealkylation sites (tertiary alicyclic amines) is 1. The Hall–Kier alpha value is -4.33. The number of carbonyl (C=O) groups is 1. The van der Waals surface area contributed by atoms with Gasteiger partial charge in [-0.3, -0.25) is 4.90 Å². The average molecular weight is 556 g/mol. The molecule has 4 aromatic rings. The van der Waals surface area contributed by atoms with E-state index in [0.717, 1.165) is 55.8 Å². The van der Waals surface area contributed by atoms with E-state index in [9.17, 15) is 14.3 Å². The highest BCUT2D eigenvalue weighted by molar-refractivity contribution is 5.92. The first kappa shape index (κ1) is 26.9. The summed E-state index contributed by atoms with van der Waals surface area (Å²) in [6, 6.07) is 17.0. The van der Waals surface area contributed by atoms with Crippen LogP contribution in [0, 0.1) is 17.1 Å². The minimum absolute atomic E-state index is 0.0148. The van der Waals surface area contributed by atoms with E-state index in [0.29, 0.717) is 42.2 Å². The van der Waals surface area contributed by atoms with Gasteiger partial charge in [0.15, 0.2) is 0 Å². The maximum absolute atomic E-state index is 14.4. The molecule has 2 aromatic carbocycles. The Labute approximate surface area is 236 Å². The summed E-state index contributed by atoms with van der Waals surface area (Å²) in [6.07, 6.45) is 3.08. The third-order valence-electron chi connectivity index (χ3n) is 7.78. The van der Waals surface area contributed by atoms with E-state index in [2.05, 4.69) is 14.5 Å². The highest BCUT2D eigenvalue weighted by Crippen LogP contribution is 2.25. The quantitative estimate of drug-likeness (QED) is 0.320. The maximum Gasteiger partial charge on any atom is 0.335 e. The second-order valence-corrected chi connectivity index (χ2v) is 10.6. The van der Waals surface area contributed by atoms with Crippen molar-refractivity contribution in [3.63, 3.8) is 0 Å². The summed E-state index contributed by atoms with van der Waals surface area (Å²) in [6.45, 7) is 3.71. The first-order chi connectivity index (χ1) is 19.9. The van der Waals surface area contributed by atoms with Gasteiger partial charge in [-0.1, -0.05) is 12.1 Å². The zero-order chi connectivity index (χ0) is 28.3. The SMILES string of the molecule is N#Cc1ccc(Cc2cccc(OC3CCN(Cc4nc5ccc(C(=O)O)cc5n4CC4CCO4)CC3)n2)c(F)c1. The van der Waals surface area contributed by atoms with Crippen molar-refractivity contribution in [2.24, 2.45) is 0 Å². The lowest BCUT2D eigenvalue weighted by Crippen LogP contribution is -2.39. The number of imidazole rings is 1. The molecule has 1 unspecified atom stereocenters. The lowest BCUT2D eigenvalue weighted by molar-refractivity contribution is -0.0592. The average Bonchev–Trinajstić information content (AvgIpc) is 3.29. The minimum atomic E-state index is -0.954. The summed E-state index contributed by atoms with van der Waals surface area (Å²) in [5.74, 6) is 0.0542. The number of aromatic carboxylic acids is 1. The molecule has 1 atom stereocenters. The van der Waals surface area contributed by atoms with Crippen LogP contribution in [0.15, 0.2) is 54.6 Å². The van der Waals surface area contributed by atoms with Crippen molar-refractivity contribution < 1.29 is 23.8 Å². The lowest BCUT2D eigenvalue weighted by atomic mass is 10.1. The van der Waals surface area contributed by atoms with Gasteiger partial charge >= 0.3 is 5.97 Å². The van der Waals surface area contributed by atoms with Gasteiger partial charge in [-0.25, -0.2) is 19.2 Å². The number of halogens is 1. The molecule has 2 fully saturated rings. The summed E-state index contributed by atoms with van der Waals surface area (Å²) >= 11 is 0. The molecule has 2 aliphatic rings. The predicted molar refractivity (Wildman–Crippen MR) is 148 cm³/mol. The van der Waals surface area contributed by atoms with Gasteiger partial charge < -0.3 is 19.1 Å². The second kappa shape index (κ2) is 11.6. The van der Waals surface area contributed by atoms with Crippen LogP contribution in [0.25, 0.3) is 11.0 Å². The topological polar surface area (TPSA) is 114 Å². The molecule has 1 N–H and O–H groups in total. The number of pyridine rings is 1. The van der Waals surface area contributed by atoms with Crippen LogP contribution < -0.4 is 4.74 Å². The fraction of sp³-hybridized carbons (Fsp3) is 0.355. The maximum atomic E-state index is 14.4. The Balaban J connectivity index is 1.09. The van der Waals surface area contributed by atoms with Crippen molar-refractivity contribution in [3.05, 3.63) is 88.6 Å². The van der Waals surface area contributed by atoms with Crippen LogP contribution in [0.2, 0.25) is 0 Å². The van der Waals surface area contributed by atoms with Crippen molar-refractivity contribution in [1.29, 1.82) is 5.26 Å². The third kappa shape index (κ3) is 6.06. The Bertz CT molecular complexity index is 1620. The summed E-state index contributed by atoms with van der Waals surface area (Å²) in [5.41, 5.74) is 3.33. The number of carboxylic acids is 1. The molecule has 4 heterocycles. The van der Waals surface area contributed by atoms with E-state index in [1.807, 2.05) is 24.3 Å². The van der Waals surface area contributed by atoms with Crippen LogP contribution in [0.1, 0.15) is 52.3 Å². The molecule has 10 heteroatoms. The fourth-order valence-electron chi connectivity index (χ4n) is 5.40. The first-order valence-corrected chi connectivity index (χ1v) is 13.8. The van der Waals surface area contributed by atoms with Gasteiger partial charge in [0.25, 0.3) is 0 Å². The van der Waals surface area contributed by atoms with Crippen molar-refractivity contribution in [3.8, 4) is 11.9 Å². The number of fused-ring (bicyclic) bond motifs is 1. The predicted octanol–water partition coefficient (Wildman–Crippen LogP) is 4.56. The summed E-state index contributed by atoms with van der Waals surface area (Å²) in [5, 5.41) is 18.4. The molecule has 9 nitrogen and oxygen atoms in total. The standard InChI is InChI=1S/C31H30FN5O4/c32-26-14-20(17-33)4-5-21(26)15-23-2-1-3-30(34-23)41-24-8-11-36(12-9-24)19-29-35-27-7-6-22(31(38)39)16-28(27)37(29)18-25-10-13-40-25/h1-7,14,16,24-25H,8-13,15,18-19H2,(H,38,39). The molecule has 2 aliphatic heterocycles. The van der Waals surface area contributed by atoms with Gasteiger partial charge in [0, 0.05) is 37.9 Å². The number of carboxylic acid groups (broad SMARTS) is 1. The van der Waals surface area contributed by atoms with Crippen molar-refractivity contribution >= 4 is 17.0 Å². The lowest BCUT2D eigenvalue weighted by Gasteiger charge is -2.32. The van der Waals surface area contributed by atoms with Crippen LogP contribution in [0.3, 0.4) is 0 Å². The van der Waals surface area contributed by atoms with Crippen LogP contribution in [0.5, 0.6) is 5.88 Å². The molecule has 0 radical (unpaired) electrons. The Kier molecular flexibility index (Phi) is 7.63. The van der Waals surface area contributed by atoms with Crippen LogP contribution in [-0.2, 0) is 24.2 Å². The molecule has 210 valence electrons. The number of rotatable bonds is 9. The monoisotopic (exact) mass is 555 g/mol. The Morgan fingerprint density at radius 2 is 1.95 bits per heavy atom. The number of aromatic nitrogens is 3. The molecular weight excluding hydrogens is 525 g/mol. The van der Waals surface area contributed by atoms with Crippen LogP contribution >= 0.6 is 0 Å². The Morgan fingerprint density at radius 3 is 2.66 bits per heavy atom. The number of ether oxygens (including phenoxy) is 2. The number of piperidine rings is 1. The van der Waals surface area contributed by atoms with Gasteiger partial charge in [-0.2, -0.15) is 5.26 Å². The summed E-state index contributed by atoms with van der Waals surface area (Å²) < 4.78 is 28.4. The van der Waals surface area contributed by atoms with E-state index < -0.39 is 11.8 Å². The summed E-state index contributed by atoms with van der Waals surface area (Å²) in [7, 11) is 0. The molecule has 0 saturated carbocycles. The number of benzene rings is 2. The molecular formula is C31H30FN5O4. The zero-order valence-corrected chi connectivity index (χ0v) is 22.5. The molecule has 41 heavy (non-hydrogen) atoms. The van der Waals surface area contributed by atoms with E-state index >= 15 is 0 Å². The van der Waals surface area contributed by atoms with Gasteiger partial charge in [0.2, 0.25) is 5.88 Å². The smallest absolute Gasteiger partial charge is 0.335 e. The number of nitrogens with zero attached hydrogens (tertiary/aromatic N) is 5. The fourth-order valence-corrected chi connectivity index (χ4v) is 5.40. The van der Waals surface area contributed by atoms with Crippen molar-refractivity contribution in [1.82, 2.24) is 19.4 Å². The largest absolute Gasteiger partial charge is 0.478 e. The van der Waals surface area contributed by atoms with Gasteiger partial charge in [-0.15, -0.1) is 0 Å². The molecule has 0 spiro atoms. The van der Waals surface area contributed by atoms with E-state index in [1.54, 1.807) is 30.3 Å². The molecule has 0 amide bonds. The summed E-state index contributed by atoms with van der Waals surface area (Å²) in [4.78, 5) is 23.4. The molecule has 6 rings (SSSR count). The Morgan fingerprint density at radius 1 is 1.12 bits per heavy atom. The molecule has 0 bridgehead atoms. The minimum Gasteiger partial charge on any atom is -0.478 e. The molecule has 2 saturated heterocycles. The van der Waals surface area contributed by atoms with Crippen molar-refractivity contribution in [2.75, 3.05) is 19.7 Å². The number of nitriles is 1. The highest BCUT2D eigenvalue weighted by Gasteiger charge is 2.26. The van der Waals surface area contributed by atoms with Gasteiger partial charge in [0.1, 0.15) is 17.7 Å². The highest BCUT2D eigenvalue weighted by atomic mass is 19.1. The zero-order valence-electron chi connectivity index (χ0n) is 22.5. The molecule has 0 aliphatic carbocycles. The number of hydrogen-bond acceptors (Lipinski definition) is 7. The normalized spacial score (nSPS) is 17.7. The number of hydrogen-bond donors (Lipinski definition) is 1. The van der Waals surface area contributed by atoms with Crippen LogP contribution in [-0.4, -0.2) is 62.4 Å². The van der Waals surface area contributed by atoms with E-state index in [4.69, 9.17) is 19.7 Å². The van der Waals surface area contributed by atoms with Crippen molar-refractivity contribution in [2.45, 2.75) is 51.0 Å². The van der Waals surface area contributed by atoms with Crippen LogP contribution in [0.4, 0.5) is 4.39 Å². The van der Waals surface area contributed by atoms with E-state index in [-0.39, 0.29) is 17.8 Å². The van der Waals surface area contributed by atoms with Gasteiger partial charge in [-0.05, 0) is 61.2 Å². The second-order valence-electron chi connectivity index (χ2n) is 10.6. The third-order valence-corrected chi connectivity index (χ3v) is 7.78. The van der Waals surface area contributed by atoms with E-state index in [1.165, 1.54) is 6.07 Å².